The Morgan fingerprint density at radius 1 is 1.10 bits per heavy atom. The van der Waals surface area contributed by atoms with E-state index in [0.717, 1.165) is 23.4 Å². The molecule has 2 aromatic carbocycles. The van der Waals surface area contributed by atoms with Gasteiger partial charge in [0, 0.05) is 13.7 Å². The standard InChI is InChI=1S/C17H18N2O.ClH/c1-13-6-5-7-14(10-13)11-19-16-9-4-3-8-15(16)18-17(19)12-20-2;/h3-10H,11-12H2,1-2H3;1H. The molecule has 0 fully saturated rings. The molecule has 0 aliphatic rings. The lowest BCUT2D eigenvalue weighted by atomic mass is 10.1. The Balaban J connectivity index is 0.00000161. The van der Waals surface area contributed by atoms with E-state index in [-0.39, 0.29) is 12.4 Å². The minimum Gasteiger partial charge on any atom is -0.377 e. The van der Waals surface area contributed by atoms with Crippen LogP contribution in [0.25, 0.3) is 11.0 Å². The van der Waals surface area contributed by atoms with Crippen molar-refractivity contribution in [2.45, 2.75) is 20.1 Å². The number of benzene rings is 2. The first-order valence-corrected chi connectivity index (χ1v) is 6.76. The lowest BCUT2D eigenvalue weighted by Gasteiger charge is -2.09. The average Bonchev–Trinajstić information content (AvgIpc) is 2.78. The molecule has 0 aliphatic heterocycles. The van der Waals surface area contributed by atoms with E-state index >= 15 is 0 Å². The number of methoxy groups -OCH3 is 1. The predicted octanol–water partition coefficient (Wildman–Crippen LogP) is 3.96. The third-order valence-electron chi connectivity index (χ3n) is 3.43. The molecule has 3 nitrogen and oxygen atoms in total. The van der Waals surface area contributed by atoms with Crippen LogP contribution in [0.2, 0.25) is 0 Å². The minimum atomic E-state index is 0. The highest BCUT2D eigenvalue weighted by molar-refractivity contribution is 5.85. The summed E-state index contributed by atoms with van der Waals surface area (Å²) in [6, 6.07) is 16.8. The van der Waals surface area contributed by atoms with Crippen molar-refractivity contribution < 1.29 is 4.74 Å². The molecule has 0 saturated carbocycles. The molecule has 0 amide bonds. The molecule has 21 heavy (non-hydrogen) atoms. The smallest absolute Gasteiger partial charge is 0.136 e. The van der Waals surface area contributed by atoms with E-state index in [9.17, 15) is 0 Å². The number of nitrogens with zero attached hydrogens (tertiary/aromatic N) is 2. The lowest BCUT2D eigenvalue weighted by molar-refractivity contribution is 0.175. The molecule has 3 rings (SSSR count). The van der Waals surface area contributed by atoms with E-state index < -0.39 is 0 Å². The van der Waals surface area contributed by atoms with Crippen molar-refractivity contribution in [1.82, 2.24) is 9.55 Å². The van der Waals surface area contributed by atoms with Crippen LogP contribution in [0.1, 0.15) is 17.0 Å². The van der Waals surface area contributed by atoms with Crippen molar-refractivity contribution in [1.29, 1.82) is 0 Å². The molecule has 110 valence electrons. The zero-order chi connectivity index (χ0) is 13.9. The number of hydrogen-bond acceptors (Lipinski definition) is 2. The topological polar surface area (TPSA) is 27.1 Å². The van der Waals surface area contributed by atoms with Crippen LogP contribution < -0.4 is 0 Å². The Morgan fingerprint density at radius 2 is 1.90 bits per heavy atom. The first-order valence-electron chi connectivity index (χ1n) is 6.76. The molecule has 3 aromatic rings. The number of aromatic nitrogens is 2. The second-order valence-electron chi connectivity index (χ2n) is 5.02. The Labute approximate surface area is 131 Å². The summed E-state index contributed by atoms with van der Waals surface area (Å²) in [6.45, 7) is 3.47. The maximum atomic E-state index is 5.28. The summed E-state index contributed by atoms with van der Waals surface area (Å²) in [5.74, 6) is 0.968. The van der Waals surface area contributed by atoms with E-state index in [0.29, 0.717) is 6.61 Å². The monoisotopic (exact) mass is 302 g/mol. The van der Waals surface area contributed by atoms with Gasteiger partial charge < -0.3 is 9.30 Å². The summed E-state index contributed by atoms with van der Waals surface area (Å²) in [5, 5.41) is 0. The van der Waals surface area contributed by atoms with Crippen molar-refractivity contribution in [3.63, 3.8) is 0 Å². The molecule has 1 heterocycles. The molecule has 1 aromatic heterocycles. The molecule has 0 bridgehead atoms. The number of ether oxygens (including phenoxy) is 1. The van der Waals surface area contributed by atoms with Gasteiger partial charge in [0.25, 0.3) is 0 Å². The van der Waals surface area contributed by atoms with Gasteiger partial charge in [-0.25, -0.2) is 4.98 Å². The van der Waals surface area contributed by atoms with Gasteiger partial charge in [-0.2, -0.15) is 0 Å². The second kappa shape index (κ2) is 6.74. The summed E-state index contributed by atoms with van der Waals surface area (Å²) in [4.78, 5) is 4.66. The van der Waals surface area contributed by atoms with E-state index in [1.54, 1.807) is 7.11 Å². The van der Waals surface area contributed by atoms with Crippen LogP contribution in [0.4, 0.5) is 0 Å². The summed E-state index contributed by atoms with van der Waals surface area (Å²) in [7, 11) is 1.70. The van der Waals surface area contributed by atoms with Crippen molar-refractivity contribution in [3.05, 3.63) is 65.5 Å². The van der Waals surface area contributed by atoms with Crippen LogP contribution in [-0.4, -0.2) is 16.7 Å². The molecular formula is C17H19ClN2O. The van der Waals surface area contributed by atoms with Gasteiger partial charge in [-0.05, 0) is 24.6 Å². The fraction of sp³-hybridized carbons (Fsp3) is 0.235. The largest absolute Gasteiger partial charge is 0.377 e. The normalized spacial score (nSPS) is 10.6. The molecule has 0 saturated heterocycles. The Bertz CT molecular complexity index is 736. The molecule has 0 atom stereocenters. The van der Waals surface area contributed by atoms with Crippen LogP contribution in [0.15, 0.2) is 48.5 Å². The summed E-state index contributed by atoms with van der Waals surface area (Å²) in [5.41, 5.74) is 4.74. The molecule has 4 heteroatoms. The van der Waals surface area contributed by atoms with E-state index in [2.05, 4.69) is 46.8 Å². The van der Waals surface area contributed by atoms with Gasteiger partial charge in [-0.1, -0.05) is 42.0 Å². The van der Waals surface area contributed by atoms with Gasteiger partial charge in [-0.15, -0.1) is 12.4 Å². The molecule has 0 N–H and O–H groups in total. The van der Waals surface area contributed by atoms with Gasteiger partial charge in [0.05, 0.1) is 11.0 Å². The zero-order valence-corrected chi connectivity index (χ0v) is 13.1. The van der Waals surface area contributed by atoms with Crippen molar-refractivity contribution in [3.8, 4) is 0 Å². The number of halogens is 1. The quantitative estimate of drug-likeness (QED) is 0.729. The number of aryl methyl sites for hydroxylation is 1. The van der Waals surface area contributed by atoms with Crippen LogP contribution in [-0.2, 0) is 17.9 Å². The highest BCUT2D eigenvalue weighted by Gasteiger charge is 2.10. The van der Waals surface area contributed by atoms with Crippen molar-refractivity contribution in [2.75, 3.05) is 7.11 Å². The lowest BCUT2D eigenvalue weighted by Crippen LogP contribution is -2.06. The third-order valence-corrected chi connectivity index (χ3v) is 3.43. The van der Waals surface area contributed by atoms with Gasteiger partial charge in [0.15, 0.2) is 0 Å². The Morgan fingerprint density at radius 3 is 2.67 bits per heavy atom. The number of fused-ring (bicyclic) bond motifs is 1. The average molecular weight is 303 g/mol. The van der Waals surface area contributed by atoms with Crippen LogP contribution in [0.5, 0.6) is 0 Å². The first-order chi connectivity index (χ1) is 9.78. The second-order valence-corrected chi connectivity index (χ2v) is 5.02. The molecule has 0 aliphatic carbocycles. The fourth-order valence-electron chi connectivity index (χ4n) is 2.53. The number of para-hydroxylation sites is 2. The Kier molecular flexibility index (Phi) is 4.99. The third kappa shape index (κ3) is 3.26. The summed E-state index contributed by atoms with van der Waals surface area (Å²) >= 11 is 0. The van der Waals surface area contributed by atoms with E-state index in [1.807, 2.05) is 18.2 Å². The minimum absolute atomic E-state index is 0. The van der Waals surface area contributed by atoms with Crippen LogP contribution >= 0.6 is 12.4 Å². The van der Waals surface area contributed by atoms with Crippen LogP contribution in [0.3, 0.4) is 0 Å². The van der Waals surface area contributed by atoms with Crippen molar-refractivity contribution >= 4 is 23.4 Å². The van der Waals surface area contributed by atoms with Gasteiger partial charge in [0.1, 0.15) is 12.4 Å². The fourth-order valence-corrected chi connectivity index (χ4v) is 2.53. The Hall–Kier alpha value is -1.84. The molecule has 0 radical (unpaired) electrons. The maximum absolute atomic E-state index is 5.28. The number of rotatable bonds is 4. The maximum Gasteiger partial charge on any atom is 0.136 e. The van der Waals surface area contributed by atoms with E-state index in [1.165, 1.54) is 11.1 Å². The van der Waals surface area contributed by atoms with Gasteiger partial charge >= 0.3 is 0 Å². The predicted molar refractivity (Wildman–Crippen MR) is 88.0 cm³/mol. The highest BCUT2D eigenvalue weighted by Crippen LogP contribution is 2.18. The van der Waals surface area contributed by atoms with Gasteiger partial charge in [-0.3, -0.25) is 0 Å². The molecular weight excluding hydrogens is 284 g/mol. The molecule has 0 spiro atoms. The first kappa shape index (κ1) is 15.5. The molecule has 0 unspecified atom stereocenters. The zero-order valence-electron chi connectivity index (χ0n) is 12.2. The van der Waals surface area contributed by atoms with Crippen LogP contribution in [0, 0.1) is 6.92 Å². The summed E-state index contributed by atoms with van der Waals surface area (Å²) < 4.78 is 7.51. The van der Waals surface area contributed by atoms with Crippen molar-refractivity contribution in [2.24, 2.45) is 0 Å². The summed E-state index contributed by atoms with van der Waals surface area (Å²) in [6.07, 6.45) is 0. The van der Waals surface area contributed by atoms with E-state index in [4.69, 9.17) is 4.74 Å². The SMILES string of the molecule is COCc1nc2ccccc2n1Cc1cccc(C)c1.Cl. The number of imidazole rings is 1. The highest BCUT2D eigenvalue weighted by atomic mass is 35.5. The van der Waals surface area contributed by atoms with Gasteiger partial charge in [0.2, 0.25) is 0 Å². The number of hydrogen-bond donors (Lipinski definition) is 0.